The number of amides is 1. The molecule has 0 bridgehead atoms. The van der Waals surface area contributed by atoms with E-state index in [-0.39, 0.29) is 12.0 Å². The standard InChI is InChI=1S/C19H26N4O2S/c1-13(2)19-22-16(12-26-19)10-23-7-5-18(11-23)25-17-4-6-20-15(8-17)9-21-14(3)24/h4,6,8,12-13,18H,5,7,9-11H2,1-3H3,(H,21,24). The zero-order valence-electron chi connectivity index (χ0n) is 15.6. The summed E-state index contributed by atoms with van der Waals surface area (Å²) < 4.78 is 6.12. The van der Waals surface area contributed by atoms with Gasteiger partial charge in [0, 0.05) is 50.1 Å². The number of carbonyl (C=O) groups excluding carboxylic acids is 1. The molecule has 0 radical (unpaired) electrons. The number of pyridine rings is 1. The SMILES string of the molecule is CC(=O)NCc1cc(OC2CCN(Cc3csc(C(C)C)n3)C2)ccn1. The van der Waals surface area contributed by atoms with Gasteiger partial charge in [-0.15, -0.1) is 11.3 Å². The van der Waals surface area contributed by atoms with E-state index in [0.29, 0.717) is 12.5 Å². The zero-order chi connectivity index (χ0) is 18.5. The van der Waals surface area contributed by atoms with E-state index in [0.717, 1.165) is 43.2 Å². The Bertz CT molecular complexity index is 747. The lowest BCUT2D eigenvalue weighted by Gasteiger charge is -2.16. The van der Waals surface area contributed by atoms with Crippen LogP contribution >= 0.6 is 11.3 Å². The Morgan fingerprint density at radius 1 is 1.46 bits per heavy atom. The van der Waals surface area contributed by atoms with Crippen molar-refractivity contribution in [2.75, 3.05) is 13.1 Å². The smallest absolute Gasteiger partial charge is 0.217 e. The molecular formula is C19H26N4O2S. The molecule has 2 aromatic heterocycles. The molecule has 1 amide bonds. The molecule has 0 aromatic carbocycles. The van der Waals surface area contributed by atoms with E-state index < -0.39 is 0 Å². The number of carbonyl (C=O) groups is 1. The normalized spacial score (nSPS) is 17.6. The maximum atomic E-state index is 11.0. The van der Waals surface area contributed by atoms with Gasteiger partial charge >= 0.3 is 0 Å². The van der Waals surface area contributed by atoms with Crippen molar-refractivity contribution in [1.29, 1.82) is 0 Å². The molecule has 1 saturated heterocycles. The lowest BCUT2D eigenvalue weighted by Crippen LogP contribution is -2.25. The minimum absolute atomic E-state index is 0.0628. The molecule has 140 valence electrons. The molecule has 3 rings (SSSR count). The minimum atomic E-state index is -0.0628. The number of aromatic nitrogens is 2. The molecular weight excluding hydrogens is 348 g/mol. The van der Waals surface area contributed by atoms with E-state index >= 15 is 0 Å². The quantitative estimate of drug-likeness (QED) is 0.807. The highest BCUT2D eigenvalue weighted by Gasteiger charge is 2.24. The summed E-state index contributed by atoms with van der Waals surface area (Å²) in [5, 5.41) is 6.13. The number of rotatable bonds is 7. The van der Waals surface area contributed by atoms with Crippen molar-refractivity contribution in [1.82, 2.24) is 20.2 Å². The van der Waals surface area contributed by atoms with Gasteiger partial charge in [-0.3, -0.25) is 14.7 Å². The van der Waals surface area contributed by atoms with E-state index in [1.54, 1.807) is 17.5 Å². The summed E-state index contributed by atoms with van der Waals surface area (Å²) >= 11 is 1.75. The molecule has 2 aromatic rings. The molecule has 0 aliphatic carbocycles. The molecule has 1 atom stereocenters. The number of ether oxygens (including phenoxy) is 1. The monoisotopic (exact) mass is 374 g/mol. The Morgan fingerprint density at radius 2 is 2.31 bits per heavy atom. The van der Waals surface area contributed by atoms with Crippen LogP contribution in [0.5, 0.6) is 5.75 Å². The fourth-order valence-electron chi connectivity index (χ4n) is 2.96. The fourth-order valence-corrected chi connectivity index (χ4v) is 3.79. The lowest BCUT2D eigenvalue weighted by atomic mass is 10.2. The second-order valence-electron chi connectivity index (χ2n) is 6.99. The largest absolute Gasteiger partial charge is 0.489 e. The lowest BCUT2D eigenvalue weighted by molar-refractivity contribution is -0.119. The van der Waals surface area contributed by atoms with E-state index in [1.807, 2.05) is 12.1 Å². The average molecular weight is 375 g/mol. The van der Waals surface area contributed by atoms with Gasteiger partial charge in [0.05, 0.1) is 22.9 Å². The van der Waals surface area contributed by atoms with Crippen LogP contribution in [0.15, 0.2) is 23.7 Å². The second-order valence-corrected chi connectivity index (χ2v) is 7.88. The summed E-state index contributed by atoms with van der Waals surface area (Å²) in [6.45, 7) is 9.08. The molecule has 1 unspecified atom stereocenters. The van der Waals surface area contributed by atoms with Gasteiger partial charge in [-0.2, -0.15) is 0 Å². The highest BCUT2D eigenvalue weighted by molar-refractivity contribution is 7.09. The van der Waals surface area contributed by atoms with Crippen LogP contribution < -0.4 is 10.1 Å². The first-order chi connectivity index (χ1) is 12.5. The van der Waals surface area contributed by atoms with Gasteiger partial charge in [0.1, 0.15) is 11.9 Å². The van der Waals surface area contributed by atoms with Crippen LogP contribution in [-0.4, -0.2) is 40.0 Å². The molecule has 1 aliphatic heterocycles. The third kappa shape index (κ3) is 5.25. The van der Waals surface area contributed by atoms with Crippen LogP contribution in [0.3, 0.4) is 0 Å². The predicted molar refractivity (Wildman–Crippen MR) is 102 cm³/mol. The maximum absolute atomic E-state index is 11.0. The zero-order valence-corrected chi connectivity index (χ0v) is 16.4. The molecule has 0 spiro atoms. The predicted octanol–water partition coefficient (Wildman–Crippen LogP) is 2.95. The Balaban J connectivity index is 1.51. The van der Waals surface area contributed by atoms with Crippen LogP contribution in [0, 0.1) is 0 Å². The Labute approximate surface area is 158 Å². The fraction of sp³-hybridized carbons (Fsp3) is 0.526. The Kier molecular flexibility index (Phi) is 6.21. The van der Waals surface area contributed by atoms with Crippen molar-refractivity contribution in [3.05, 3.63) is 40.1 Å². The highest BCUT2D eigenvalue weighted by atomic mass is 32.1. The third-order valence-corrected chi connectivity index (χ3v) is 5.48. The van der Waals surface area contributed by atoms with Gasteiger partial charge in [-0.05, 0) is 12.5 Å². The first-order valence-corrected chi connectivity index (χ1v) is 9.90. The van der Waals surface area contributed by atoms with Crippen LogP contribution in [0.2, 0.25) is 0 Å². The van der Waals surface area contributed by atoms with Crippen LogP contribution in [0.25, 0.3) is 0 Å². The molecule has 1 aliphatic rings. The van der Waals surface area contributed by atoms with Crippen molar-refractivity contribution >= 4 is 17.2 Å². The first kappa shape index (κ1) is 18.8. The van der Waals surface area contributed by atoms with Crippen molar-refractivity contribution < 1.29 is 9.53 Å². The van der Waals surface area contributed by atoms with Gasteiger partial charge in [0.25, 0.3) is 0 Å². The van der Waals surface area contributed by atoms with Gasteiger partial charge in [0.15, 0.2) is 0 Å². The number of hydrogen-bond donors (Lipinski definition) is 1. The molecule has 0 saturated carbocycles. The summed E-state index contributed by atoms with van der Waals surface area (Å²) in [6, 6.07) is 3.77. The molecule has 6 nitrogen and oxygen atoms in total. The summed E-state index contributed by atoms with van der Waals surface area (Å²) in [4.78, 5) is 22.4. The highest BCUT2D eigenvalue weighted by Crippen LogP contribution is 2.23. The second kappa shape index (κ2) is 8.60. The summed E-state index contributed by atoms with van der Waals surface area (Å²) in [6.07, 6.45) is 2.90. The van der Waals surface area contributed by atoms with Crippen molar-refractivity contribution in [2.24, 2.45) is 0 Å². The number of likely N-dealkylation sites (tertiary alicyclic amines) is 1. The Morgan fingerprint density at radius 3 is 3.04 bits per heavy atom. The van der Waals surface area contributed by atoms with Crippen molar-refractivity contribution in [3.8, 4) is 5.75 Å². The van der Waals surface area contributed by atoms with E-state index in [4.69, 9.17) is 9.72 Å². The van der Waals surface area contributed by atoms with Crippen LogP contribution in [-0.2, 0) is 17.9 Å². The van der Waals surface area contributed by atoms with E-state index in [2.05, 4.69) is 34.4 Å². The number of nitrogens with one attached hydrogen (secondary N) is 1. The molecule has 3 heterocycles. The van der Waals surface area contributed by atoms with Crippen LogP contribution in [0.4, 0.5) is 0 Å². The number of thiazole rings is 1. The molecule has 26 heavy (non-hydrogen) atoms. The number of hydrogen-bond acceptors (Lipinski definition) is 6. The average Bonchev–Trinajstić information content (AvgIpc) is 3.23. The van der Waals surface area contributed by atoms with Crippen LogP contribution in [0.1, 0.15) is 49.5 Å². The summed E-state index contributed by atoms with van der Waals surface area (Å²) in [5.74, 6) is 1.23. The van der Waals surface area contributed by atoms with Crippen molar-refractivity contribution in [3.63, 3.8) is 0 Å². The Hall–Kier alpha value is -1.99. The van der Waals surface area contributed by atoms with Gasteiger partial charge in [0.2, 0.25) is 5.91 Å². The minimum Gasteiger partial charge on any atom is -0.489 e. The topological polar surface area (TPSA) is 67.3 Å². The third-order valence-electron chi connectivity index (χ3n) is 4.29. The summed E-state index contributed by atoms with van der Waals surface area (Å²) in [7, 11) is 0. The maximum Gasteiger partial charge on any atom is 0.217 e. The van der Waals surface area contributed by atoms with Gasteiger partial charge in [-0.1, -0.05) is 13.8 Å². The summed E-state index contributed by atoms with van der Waals surface area (Å²) in [5.41, 5.74) is 1.96. The molecule has 1 fully saturated rings. The molecule has 7 heteroatoms. The van der Waals surface area contributed by atoms with E-state index in [9.17, 15) is 4.79 Å². The first-order valence-electron chi connectivity index (χ1n) is 9.02. The number of nitrogens with zero attached hydrogens (tertiary/aromatic N) is 3. The van der Waals surface area contributed by atoms with E-state index in [1.165, 1.54) is 11.9 Å². The molecule has 1 N–H and O–H groups in total. The van der Waals surface area contributed by atoms with Gasteiger partial charge < -0.3 is 10.1 Å². The van der Waals surface area contributed by atoms with Gasteiger partial charge in [-0.25, -0.2) is 4.98 Å². The van der Waals surface area contributed by atoms with Crippen molar-refractivity contribution in [2.45, 2.75) is 52.3 Å².